The van der Waals surface area contributed by atoms with Gasteiger partial charge in [0, 0.05) is 22.0 Å². The monoisotopic (exact) mass is 320 g/mol. The van der Waals surface area contributed by atoms with Crippen molar-refractivity contribution < 1.29 is 4.79 Å². The van der Waals surface area contributed by atoms with E-state index in [-0.39, 0.29) is 11.2 Å². The molecule has 110 valence electrons. The molecule has 2 rings (SSSR count). The summed E-state index contributed by atoms with van der Waals surface area (Å²) in [5.74, 6) is 0.0166. The van der Waals surface area contributed by atoms with Crippen LogP contribution in [-0.4, -0.2) is 5.78 Å². The fourth-order valence-corrected chi connectivity index (χ4v) is 2.65. The van der Waals surface area contributed by atoms with E-state index < -0.39 is 0 Å². The van der Waals surface area contributed by atoms with Gasteiger partial charge in [-0.2, -0.15) is 0 Å². The van der Waals surface area contributed by atoms with Crippen LogP contribution in [0.1, 0.15) is 42.3 Å². The molecule has 0 fully saturated rings. The highest BCUT2D eigenvalue weighted by atomic mass is 35.5. The second-order valence-electron chi connectivity index (χ2n) is 6.21. The van der Waals surface area contributed by atoms with Gasteiger partial charge in [0.2, 0.25) is 0 Å². The van der Waals surface area contributed by atoms with E-state index >= 15 is 0 Å². The van der Waals surface area contributed by atoms with Crippen molar-refractivity contribution >= 4 is 29.0 Å². The normalized spacial score (nSPS) is 11.5. The number of benzene rings is 2. The van der Waals surface area contributed by atoms with Gasteiger partial charge in [0.1, 0.15) is 0 Å². The van der Waals surface area contributed by atoms with Crippen molar-refractivity contribution in [2.75, 3.05) is 0 Å². The lowest BCUT2D eigenvalue weighted by Crippen LogP contribution is -2.11. The molecule has 0 radical (unpaired) electrons. The molecule has 0 heterocycles. The van der Waals surface area contributed by atoms with Crippen LogP contribution < -0.4 is 0 Å². The molecule has 0 amide bonds. The predicted octanol–water partition coefficient (Wildman–Crippen LogP) is 5.72. The number of rotatable bonds is 3. The maximum atomic E-state index is 12.3. The summed E-state index contributed by atoms with van der Waals surface area (Å²) in [5.41, 5.74) is 2.91. The van der Waals surface area contributed by atoms with Crippen LogP contribution in [0, 0.1) is 0 Å². The van der Waals surface area contributed by atoms with Crippen molar-refractivity contribution in [1.29, 1.82) is 0 Å². The topological polar surface area (TPSA) is 17.1 Å². The summed E-state index contributed by atoms with van der Waals surface area (Å²) in [6.45, 7) is 6.50. The molecule has 0 aliphatic carbocycles. The van der Waals surface area contributed by atoms with Gasteiger partial charge in [0.05, 0.1) is 0 Å². The van der Waals surface area contributed by atoms with Crippen molar-refractivity contribution in [3.05, 3.63) is 69.2 Å². The number of halogens is 2. The van der Waals surface area contributed by atoms with E-state index in [9.17, 15) is 4.79 Å². The molecule has 0 saturated heterocycles. The molecule has 21 heavy (non-hydrogen) atoms. The van der Waals surface area contributed by atoms with E-state index in [4.69, 9.17) is 23.2 Å². The third kappa shape index (κ3) is 4.33. The summed E-state index contributed by atoms with van der Waals surface area (Å²) in [4.78, 5) is 12.3. The second kappa shape index (κ2) is 6.21. The molecular weight excluding hydrogens is 303 g/mol. The molecule has 2 aromatic carbocycles. The Morgan fingerprint density at radius 2 is 1.48 bits per heavy atom. The SMILES string of the molecule is CC(C)(C)c1ccc(CC(=O)c2cc(Cl)cc(Cl)c2)cc1. The van der Waals surface area contributed by atoms with Gasteiger partial charge in [-0.1, -0.05) is 68.2 Å². The van der Waals surface area contributed by atoms with Gasteiger partial charge in [0.25, 0.3) is 0 Å². The van der Waals surface area contributed by atoms with Crippen LogP contribution in [0.15, 0.2) is 42.5 Å². The molecule has 0 unspecified atom stereocenters. The summed E-state index contributed by atoms with van der Waals surface area (Å²) in [6.07, 6.45) is 0.348. The van der Waals surface area contributed by atoms with Crippen molar-refractivity contribution in [1.82, 2.24) is 0 Å². The highest BCUT2D eigenvalue weighted by Crippen LogP contribution is 2.23. The van der Waals surface area contributed by atoms with E-state index in [0.29, 0.717) is 22.0 Å². The number of hydrogen-bond acceptors (Lipinski definition) is 1. The first-order valence-corrected chi connectivity index (χ1v) is 7.60. The van der Waals surface area contributed by atoms with Crippen LogP contribution in [0.4, 0.5) is 0 Å². The maximum absolute atomic E-state index is 12.3. The molecule has 0 aliphatic rings. The minimum absolute atomic E-state index is 0.0166. The summed E-state index contributed by atoms with van der Waals surface area (Å²) in [7, 11) is 0. The number of carbonyl (C=O) groups is 1. The van der Waals surface area contributed by atoms with Crippen molar-refractivity contribution in [2.24, 2.45) is 0 Å². The summed E-state index contributed by atoms with van der Waals surface area (Å²) >= 11 is 11.9. The second-order valence-corrected chi connectivity index (χ2v) is 7.08. The van der Waals surface area contributed by atoms with Crippen LogP contribution in [0.2, 0.25) is 10.0 Å². The van der Waals surface area contributed by atoms with Crippen molar-refractivity contribution in [3.8, 4) is 0 Å². The Labute approximate surface area is 135 Å². The third-order valence-electron chi connectivity index (χ3n) is 3.37. The van der Waals surface area contributed by atoms with Gasteiger partial charge < -0.3 is 0 Å². The molecule has 0 aromatic heterocycles. The number of Topliss-reactive ketones (excluding diaryl/α,β-unsaturated/α-hetero) is 1. The lowest BCUT2D eigenvalue weighted by molar-refractivity contribution is 0.0993. The van der Waals surface area contributed by atoms with Crippen molar-refractivity contribution in [3.63, 3.8) is 0 Å². The fraction of sp³-hybridized carbons (Fsp3) is 0.278. The smallest absolute Gasteiger partial charge is 0.167 e. The number of carbonyl (C=O) groups excluding carboxylic acids is 1. The van der Waals surface area contributed by atoms with Gasteiger partial charge >= 0.3 is 0 Å². The minimum Gasteiger partial charge on any atom is -0.294 e. The van der Waals surface area contributed by atoms with Gasteiger partial charge in [0.15, 0.2) is 5.78 Å². The van der Waals surface area contributed by atoms with Crippen LogP contribution >= 0.6 is 23.2 Å². The van der Waals surface area contributed by atoms with Crippen LogP contribution in [-0.2, 0) is 11.8 Å². The molecule has 0 spiro atoms. The lowest BCUT2D eigenvalue weighted by atomic mass is 9.86. The zero-order valence-corrected chi connectivity index (χ0v) is 13.9. The van der Waals surface area contributed by atoms with E-state index in [1.54, 1.807) is 18.2 Å². The Morgan fingerprint density at radius 3 is 1.95 bits per heavy atom. The first-order chi connectivity index (χ1) is 9.75. The van der Waals surface area contributed by atoms with E-state index in [2.05, 4.69) is 32.9 Å². The Morgan fingerprint density at radius 1 is 0.952 bits per heavy atom. The Bertz CT molecular complexity index is 632. The number of ketones is 1. The summed E-state index contributed by atoms with van der Waals surface area (Å²) in [6, 6.07) is 13.1. The minimum atomic E-state index is 0.0166. The van der Waals surface area contributed by atoms with Crippen LogP contribution in [0.25, 0.3) is 0 Å². The van der Waals surface area contributed by atoms with E-state index in [1.807, 2.05) is 12.1 Å². The Hall–Kier alpha value is -1.31. The molecule has 0 atom stereocenters. The third-order valence-corrected chi connectivity index (χ3v) is 3.81. The first-order valence-electron chi connectivity index (χ1n) is 6.84. The molecule has 3 heteroatoms. The number of hydrogen-bond donors (Lipinski definition) is 0. The zero-order chi connectivity index (χ0) is 15.6. The Balaban J connectivity index is 2.16. The maximum Gasteiger partial charge on any atom is 0.167 e. The highest BCUT2D eigenvalue weighted by Gasteiger charge is 2.14. The molecular formula is C18H18Cl2O. The average Bonchev–Trinajstić information content (AvgIpc) is 2.37. The Kier molecular flexibility index (Phi) is 4.75. The van der Waals surface area contributed by atoms with Crippen LogP contribution in [0.5, 0.6) is 0 Å². The lowest BCUT2D eigenvalue weighted by Gasteiger charge is -2.19. The first kappa shape index (κ1) is 16.1. The quantitative estimate of drug-likeness (QED) is 0.661. The molecule has 1 nitrogen and oxygen atoms in total. The standard InChI is InChI=1S/C18H18Cl2O/c1-18(2,3)14-6-4-12(5-7-14)8-17(21)13-9-15(19)11-16(20)10-13/h4-7,9-11H,8H2,1-3H3. The molecule has 0 N–H and O–H groups in total. The predicted molar refractivity (Wildman–Crippen MR) is 89.6 cm³/mol. The molecule has 0 saturated carbocycles. The average molecular weight is 321 g/mol. The van der Waals surface area contributed by atoms with Crippen LogP contribution in [0.3, 0.4) is 0 Å². The van der Waals surface area contributed by atoms with Gasteiger partial charge in [-0.15, -0.1) is 0 Å². The van der Waals surface area contributed by atoms with Gasteiger partial charge in [-0.05, 0) is 34.7 Å². The molecule has 0 aliphatic heterocycles. The van der Waals surface area contributed by atoms with E-state index in [0.717, 1.165) is 5.56 Å². The fourth-order valence-electron chi connectivity index (χ4n) is 2.12. The zero-order valence-electron chi connectivity index (χ0n) is 12.4. The highest BCUT2D eigenvalue weighted by molar-refractivity contribution is 6.35. The van der Waals surface area contributed by atoms with Gasteiger partial charge in [-0.3, -0.25) is 4.79 Å². The largest absolute Gasteiger partial charge is 0.294 e. The summed E-state index contributed by atoms with van der Waals surface area (Å²) < 4.78 is 0. The summed E-state index contributed by atoms with van der Waals surface area (Å²) in [5, 5.41) is 0.961. The van der Waals surface area contributed by atoms with Gasteiger partial charge in [-0.25, -0.2) is 0 Å². The van der Waals surface area contributed by atoms with E-state index in [1.165, 1.54) is 5.56 Å². The molecule has 0 bridgehead atoms. The molecule has 2 aromatic rings. The van der Waals surface area contributed by atoms with Crippen molar-refractivity contribution in [2.45, 2.75) is 32.6 Å².